The Morgan fingerprint density at radius 1 is 1.46 bits per heavy atom. The number of fused-ring (bicyclic) bond motifs is 1. The van der Waals surface area contributed by atoms with Crippen LogP contribution >= 0.6 is 0 Å². The molecule has 10 heteroatoms. The van der Waals surface area contributed by atoms with Crippen molar-refractivity contribution in [3.8, 4) is 11.8 Å². The zero-order valence-electron chi connectivity index (χ0n) is 13.3. The number of carbonyl (C=O) groups excluding carboxylic acids is 2. The SMILES string of the molecule is CC(C)(C)OC(=O)NC1COc2nc(OC(F)F)ccc2NC1=O. The molecule has 1 unspecified atom stereocenters. The molecule has 2 heterocycles. The molecule has 1 atom stereocenters. The van der Waals surface area contributed by atoms with Crippen LogP contribution in [0.4, 0.5) is 19.3 Å². The summed E-state index contributed by atoms with van der Waals surface area (Å²) in [4.78, 5) is 27.6. The van der Waals surface area contributed by atoms with Gasteiger partial charge in [0, 0.05) is 6.07 Å². The van der Waals surface area contributed by atoms with Crippen molar-refractivity contribution in [2.24, 2.45) is 0 Å². The Bertz CT molecular complexity index is 633. The fourth-order valence-corrected chi connectivity index (χ4v) is 1.80. The molecule has 1 aliphatic rings. The van der Waals surface area contributed by atoms with Crippen molar-refractivity contribution in [2.75, 3.05) is 11.9 Å². The van der Waals surface area contributed by atoms with Crippen LogP contribution in [0.25, 0.3) is 0 Å². The molecule has 8 nitrogen and oxygen atoms in total. The van der Waals surface area contributed by atoms with Crippen molar-refractivity contribution in [3.63, 3.8) is 0 Å². The minimum Gasteiger partial charge on any atom is -0.473 e. The lowest BCUT2D eigenvalue weighted by molar-refractivity contribution is -0.118. The van der Waals surface area contributed by atoms with Gasteiger partial charge in [-0.05, 0) is 26.8 Å². The zero-order chi connectivity index (χ0) is 17.9. The third-order valence-corrected chi connectivity index (χ3v) is 2.70. The lowest BCUT2D eigenvalue weighted by atomic mass is 10.2. The van der Waals surface area contributed by atoms with Gasteiger partial charge in [-0.1, -0.05) is 0 Å². The normalized spacial score (nSPS) is 17.2. The van der Waals surface area contributed by atoms with E-state index in [1.165, 1.54) is 6.07 Å². The van der Waals surface area contributed by atoms with Crippen molar-refractivity contribution in [3.05, 3.63) is 12.1 Å². The number of pyridine rings is 1. The molecule has 0 fully saturated rings. The molecule has 2 amide bonds. The Kier molecular flexibility index (Phi) is 5.05. The second-order valence-corrected chi connectivity index (χ2v) is 5.88. The molecule has 132 valence electrons. The summed E-state index contributed by atoms with van der Waals surface area (Å²) < 4.78 is 38.9. The molecule has 0 bridgehead atoms. The second-order valence-electron chi connectivity index (χ2n) is 5.88. The Morgan fingerprint density at radius 3 is 2.79 bits per heavy atom. The standard InChI is InChI=1S/C14H17F2N3O5/c1-14(2,3)24-13(21)18-8-6-22-11-7(17-10(8)20)4-5-9(19-11)23-12(15)16/h4-5,8,12H,6H2,1-3H3,(H,17,20)(H,18,21). The van der Waals surface area contributed by atoms with Crippen molar-refractivity contribution < 1.29 is 32.6 Å². The fourth-order valence-electron chi connectivity index (χ4n) is 1.80. The molecule has 24 heavy (non-hydrogen) atoms. The molecule has 1 aromatic heterocycles. The first kappa shape index (κ1) is 17.7. The first-order valence-corrected chi connectivity index (χ1v) is 7.03. The number of alkyl carbamates (subject to hydrolysis) is 1. The van der Waals surface area contributed by atoms with Crippen LogP contribution in [0, 0.1) is 0 Å². The predicted octanol–water partition coefficient (Wildman–Crippen LogP) is 1.91. The monoisotopic (exact) mass is 345 g/mol. The largest absolute Gasteiger partial charge is 0.473 e. The van der Waals surface area contributed by atoms with Gasteiger partial charge in [-0.25, -0.2) is 4.79 Å². The number of hydrogen-bond donors (Lipinski definition) is 2. The molecule has 1 aromatic rings. The number of nitrogens with one attached hydrogen (secondary N) is 2. The second kappa shape index (κ2) is 6.85. The number of anilines is 1. The number of nitrogens with zero attached hydrogens (tertiary/aromatic N) is 1. The maximum absolute atomic E-state index is 12.2. The average molecular weight is 345 g/mol. The number of rotatable bonds is 3. The van der Waals surface area contributed by atoms with Crippen LogP contribution in [-0.4, -0.2) is 41.8 Å². The molecule has 0 radical (unpaired) electrons. The van der Waals surface area contributed by atoms with E-state index < -0.39 is 30.3 Å². The Hall–Kier alpha value is -2.65. The molecule has 0 saturated carbocycles. The van der Waals surface area contributed by atoms with Crippen LogP contribution in [0.2, 0.25) is 0 Å². The first-order valence-electron chi connectivity index (χ1n) is 7.03. The third-order valence-electron chi connectivity index (χ3n) is 2.70. The fraction of sp³-hybridized carbons (Fsp3) is 0.500. The van der Waals surface area contributed by atoms with E-state index in [0.717, 1.165) is 6.07 Å². The molecule has 2 rings (SSSR count). The summed E-state index contributed by atoms with van der Waals surface area (Å²) in [6.45, 7) is 1.77. The molecule has 0 aromatic carbocycles. The summed E-state index contributed by atoms with van der Waals surface area (Å²) in [5.41, 5.74) is -0.548. The maximum atomic E-state index is 12.2. The van der Waals surface area contributed by atoms with Gasteiger partial charge in [0.2, 0.25) is 11.8 Å². The lowest BCUT2D eigenvalue weighted by Crippen LogP contribution is -2.48. The summed E-state index contributed by atoms with van der Waals surface area (Å²) in [5, 5.41) is 4.85. The Labute approximate surface area is 136 Å². The van der Waals surface area contributed by atoms with E-state index >= 15 is 0 Å². The van der Waals surface area contributed by atoms with Gasteiger partial charge >= 0.3 is 12.7 Å². The van der Waals surface area contributed by atoms with Crippen LogP contribution in [0.3, 0.4) is 0 Å². The summed E-state index contributed by atoms with van der Waals surface area (Å²) in [5.74, 6) is -0.990. The summed E-state index contributed by atoms with van der Waals surface area (Å²) in [7, 11) is 0. The highest BCUT2D eigenvalue weighted by Crippen LogP contribution is 2.28. The van der Waals surface area contributed by atoms with Crippen molar-refractivity contribution in [1.29, 1.82) is 0 Å². The molecular weight excluding hydrogens is 328 g/mol. The number of halogens is 2. The summed E-state index contributed by atoms with van der Waals surface area (Å²) >= 11 is 0. The van der Waals surface area contributed by atoms with Crippen LogP contribution in [-0.2, 0) is 9.53 Å². The smallest absolute Gasteiger partial charge is 0.408 e. The molecule has 0 saturated heterocycles. The topological polar surface area (TPSA) is 98.8 Å². The number of ether oxygens (including phenoxy) is 3. The molecule has 2 N–H and O–H groups in total. The van der Waals surface area contributed by atoms with E-state index in [-0.39, 0.29) is 24.1 Å². The molecule has 1 aliphatic heterocycles. The van der Waals surface area contributed by atoms with Crippen LogP contribution in [0.5, 0.6) is 11.8 Å². The van der Waals surface area contributed by atoms with E-state index in [0.29, 0.717) is 0 Å². The van der Waals surface area contributed by atoms with Crippen LogP contribution in [0.1, 0.15) is 20.8 Å². The number of carbonyl (C=O) groups is 2. The number of hydrogen-bond acceptors (Lipinski definition) is 6. The van der Waals surface area contributed by atoms with Gasteiger partial charge in [0.15, 0.2) is 0 Å². The van der Waals surface area contributed by atoms with E-state index in [1.54, 1.807) is 20.8 Å². The van der Waals surface area contributed by atoms with Gasteiger partial charge in [0.05, 0.1) is 0 Å². The Balaban J connectivity index is 2.06. The first-order chi connectivity index (χ1) is 11.1. The van der Waals surface area contributed by atoms with Crippen molar-refractivity contribution in [1.82, 2.24) is 10.3 Å². The highest BCUT2D eigenvalue weighted by molar-refractivity contribution is 5.98. The van der Waals surface area contributed by atoms with Crippen molar-refractivity contribution >= 4 is 17.7 Å². The quantitative estimate of drug-likeness (QED) is 0.868. The number of amides is 2. The van der Waals surface area contributed by atoms with Gasteiger partial charge in [-0.2, -0.15) is 13.8 Å². The highest BCUT2D eigenvalue weighted by atomic mass is 19.3. The summed E-state index contributed by atoms with van der Waals surface area (Å²) in [6, 6.07) is 1.44. The van der Waals surface area contributed by atoms with Gasteiger partial charge in [-0.3, -0.25) is 4.79 Å². The minimum atomic E-state index is -3.03. The van der Waals surface area contributed by atoms with Crippen LogP contribution < -0.4 is 20.1 Å². The van der Waals surface area contributed by atoms with E-state index in [9.17, 15) is 18.4 Å². The van der Waals surface area contributed by atoms with E-state index in [2.05, 4.69) is 20.4 Å². The van der Waals surface area contributed by atoms with Gasteiger partial charge in [0.1, 0.15) is 23.9 Å². The predicted molar refractivity (Wildman–Crippen MR) is 78.2 cm³/mol. The van der Waals surface area contributed by atoms with E-state index in [4.69, 9.17) is 9.47 Å². The molecular formula is C14H17F2N3O5. The average Bonchev–Trinajstić information content (AvgIpc) is 2.56. The van der Waals surface area contributed by atoms with Crippen molar-refractivity contribution in [2.45, 2.75) is 39.0 Å². The maximum Gasteiger partial charge on any atom is 0.408 e. The summed E-state index contributed by atoms with van der Waals surface area (Å²) in [6.07, 6.45) is -0.785. The highest BCUT2D eigenvalue weighted by Gasteiger charge is 2.29. The van der Waals surface area contributed by atoms with Gasteiger partial charge in [-0.15, -0.1) is 0 Å². The van der Waals surface area contributed by atoms with E-state index in [1.807, 2.05) is 0 Å². The molecule has 0 spiro atoms. The number of aromatic nitrogens is 1. The van der Waals surface area contributed by atoms with Gasteiger partial charge in [0.25, 0.3) is 5.91 Å². The Morgan fingerprint density at radius 2 is 2.17 bits per heavy atom. The van der Waals surface area contributed by atoms with Crippen LogP contribution in [0.15, 0.2) is 12.1 Å². The molecule has 0 aliphatic carbocycles. The van der Waals surface area contributed by atoms with Gasteiger partial charge < -0.3 is 24.8 Å². The third kappa shape index (κ3) is 4.93. The zero-order valence-corrected chi connectivity index (χ0v) is 13.3. The number of alkyl halides is 2. The lowest BCUT2D eigenvalue weighted by Gasteiger charge is -2.22. The minimum absolute atomic E-state index is 0.0880.